The summed E-state index contributed by atoms with van der Waals surface area (Å²) in [6.45, 7) is 8.87. The van der Waals surface area contributed by atoms with Gasteiger partial charge in [-0.15, -0.1) is 0 Å². The van der Waals surface area contributed by atoms with E-state index in [4.69, 9.17) is 14.1 Å². The molecule has 0 radical (unpaired) electrons. The molecule has 0 spiro atoms. The van der Waals surface area contributed by atoms with Crippen LogP contribution < -0.4 is 4.74 Å². The first-order chi connectivity index (χ1) is 18.4. The quantitative estimate of drug-likeness (QED) is 0.236. The van der Waals surface area contributed by atoms with Crippen molar-refractivity contribution in [3.8, 4) is 11.4 Å². The number of rotatable bonds is 7. The van der Waals surface area contributed by atoms with Gasteiger partial charge in [-0.1, -0.05) is 25.1 Å². The van der Waals surface area contributed by atoms with Gasteiger partial charge in [0.25, 0.3) is 5.91 Å². The Kier molecular flexibility index (Phi) is 7.29. The molecule has 0 saturated carbocycles. The van der Waals surface area contributed by atoms with Gasteiger partial charge in [-0.2, -0.15) is 0 Å². The number of aryl methyl sites for hydroxylation is 3. The third-order valence-electron chi connectivity index (χ3n) is 6.76. The van der Waals surface area contributed by atoms with Crippen LogP contribution in [0, 0.1) is 20.8 Å². The molecule has 0 atom stereocenters. The first-order valence-electron chi connectivity index (χ1n) is 12.6. The van der Waals surface area contributed by atoms with Crippen LogP contribution >= 0.6 is 11.8 Å². The van der Waals surface area contributed by atoms with Gasteiger partial charge in [-0.05, 0) is 104 Å². The van der Waals surface area contributed by atoms with Crippen molar-refractivity contribution in [2.45, 2.75) is 40.7 Å². The number of hydrogen-bond acceptors (Lipinski definition) is 5. The van der Waals surface area contributed by atoms with Gasteiger partial charge in [0, 0.05) is 11.4 Å². The molecule has 0 bridgehead atoms. The van der Waals surface area contributed by atoms with E-state index in [1.807, 2.05) is 42.5 Å². The second kappa shape index (κ2) is 10.8. The van der Waals surface area contributed by atoms with Crippen LogP contribution in [0.2, 0.25) is 0 Å². The first-order valence-corrected chi connectivity index (χ1v) is 13.5. The minimum Gasteiger partial charge on any atom is -0.497 e. The van der Waals surface area contributed by atoms with Gasteiger partial charge in [-0.3, -0.25) is 9.69 Å². The van der Waals surface area contributed by atoms with E-state index in [2.05, 4.69) is 56.5 Å². The van der Waals surface area contributed by atoms with Gasteiger partial charge < -0.3 is 13.7 Å². The standard InChI is InChI=1S/C31H31N3O3S/c1-6-23-10-7-9-20(2)29(23)34-21(3)17-24(22(34)4)18-28-30(35)33(19-27-11-8-16-37-27)31(38-28)32-25-12-14-26(36-5)15-13-25/h7-18H,6,19H2,1-5H3/b28-18-,32-31?. The maximum absolute atomic E-state index is 13.7. The van der Waals surface area contributed by atoms with Gasteiger partial charge >= 0.3 is 0 Å². The SMILES string of the molecule is CCc1cccc(C)c1-n1c(C)cc(/C=C2\SC(=Nc3ccc(OC)cc3)N(Cc3ccco3)C2=O)c1C. The van der Waals surface area contributed by atoms with Crippen molar-refractivity contribution < 1.29 is 13.9 Å². The van der Waals surface area contributed by atoms with Gasteiger partial charge in [-0.25, -0.2) is 4.99 Å². The minimum absolute atomic E-state index is 0.0893. The number of thioether (sulfide) groups is 1. The fourth-order valence-electron chi connectivity index (χ4n) is 4.80. The molecular weight excluding hydrogens is 494 g/mol. The molecule has 0 aliphatic carbocycles. The number of ether oxygens (including phenoxy) is 1. The van der Waals surface area contributed by atoms with Crippen LogP contribution in [-0.2, 0) is 17.8 Å². The molecule has 1 aliphatic heterocycles. The van der Waals surface area contributed by atoms with E-state index in [0.717, 1.165) is 34.8 Å². The van der Waals surface area contributed by atoms with E-state index < -0.39 is 0 Å². The Morgan fingerprint density at radius 1 is 1.05 bits per heavy atom. The van der Waals surface area contributed by atoms with Crippen LogP contribution in [0.3, 0.4) is 0 Å². The molecule has 3 heterocycles. The molecule has 6 nitrogen and oxygen atoms in total. The number of furan rings is 1. The Labute approximate surface area is 227 Å². The number of carbonyl (C=O) groups excluding carboxylic acids is 1. The number of para-hydroxylation sites is 1. The van der Waals surface area contributed by atoms with Crippen molar-refractivity contribution in [3.63, 3.8) is 0 Å². The molecule has 5 rings (SSSR count). The third kappa shape index (κ3) is 4.94. The van der Waals surface area contributed by atoms with Crippen molar-refractivity contribution in [2.75, 3.05) is 7.11 Å². The molecule has 0 unspecified atom stereocenters. The normalized spacial score (nSPS) is 15.7. The summed E-state index contributed by atoms with van der Waals surface area (Å²) in [6, 6.07) is 19.8. The monoisotopic (exact) mass is 525 g/mol. The number of carbonyl (C=O) groups is 1. The Balaban J connectivity index is 1.54. The fraction of sp³-hybridized carbons (Fsp3) is 0.226. The van der Waals surface area contributed by atoms with Crippen molar-refractivity contribution in [3.05, 3.63) is 106 Å². The molecule has 0 N–H and O–H groups in total. The molecule has 1 fully saturated rings. The van der Waals surface area contributed by atoms with E-state index in [0.29, 0.717) is 22.4 Å². The van der Waals surface area contributed by atoms with Crippen LogP contribution in [0.25, 0.3) is 11.8 Å². The Morgan fingerprint density at radius 3 is 2.53 bits per heavy atom. The summed E-state index contributed by atoms with van der Waals surface area (Å²) in [4.78, 5) is 20.8. The highest BCUT2D eigenvalue weighted by Crippen LogP contribution is 2.37. The van der Waals surface area contributed by atoms with E-state index in [1.54, 1.807) is 18.3 Å². The van der Waals surface area contributed by atoms with E-state index in [1.165, 1.54) is 28.6 Å². The summed E-state index contributed by atoms with van der Waals surface area (Å²) in [6.07, 6.45) is 4.55. The van der Waals surface area contributed by atoms with Crippen LogP contribution in [0.15, 0.2) is 81.2 Å². The maximum atomic E-state index is 13.7. The van der Waals surface area contributed by atoms with Gasteiger partial charge in [0.2, 0.25) is 0 Å². The second-order valence-corrected chi connectivity index (χ2v) is 10.3. The highest BCUT2D eigenvalue weighted by Gasteiger charge is 2.34. The van der Waals surface area contributed by atoms with E-state index in [-0.39, 0.29) is 5.91 Å². The molecule has 4 aromatic rings. The lowest BCUT2D eigenvalue weighted by Crippen LogP contribution is -2.28. The van der Waals surface area contributed by atoms with Gasteiger partial charge in [0.1, 0.15) is 11.5 Å². The molecule has 2 aromatic heterocycles. The first kappa shape index (κ1) is 25.7. The zero-order chi connectivity index (χ0) is 26.8. The Bertz CT molecular complexity index is 1530. The molecule has 194 valence electrons. The van der Waals surface area contributed by atoms with Gasteiger partial charge in [0.05, 0.1) is 36.2 Å². The van der Waals surface area contributed by atoms with Crippen LogP contribution in [0.5, 0.6) is 5.75 Å². The fourth-order valence-corrected chi connectivity index (χ4v) is 5.79. The zero-order valence-electron chi connectivity index (χ0n) is 22.3. The Morgan fingerprint density at radius 2 is 1.84 bits per heavy atom. The lowest BCUT2D eigenvalue weighted by atomic mass is 10.1. The number of methoxy groups -OCH3 is 1. The van der Waals surface area contributed by atoms with E-state index in [9.17, 15) is 4.79 Å². The van der Waals surface area contributed by atoms with Crippen molar-refractivity contribution in [1.82, 2.24) is 9.47 Å². The highest BCUT2D eigenvalue weighted by atomic mass is 32.2. The van der Waals surface area contributed by atoms with Crippen molar-refractivity contribution >= 4 is 34.6 Å². The number of amides is 1. The average molecular weight is 526 g/mol. The summed E-state index contributed by atoms with van der Waals surface area (Å²) in [7, 11) is 1.63. The Hall–Kier alpha value is -3.97. The summed E-state index contributed by atoms with van der Waals surface area (Å²) < 4.78 is 13.1. The predicted molar refractivity (Wildman–Crippen MR) is 154 cm³/mol. The largest absolute Gasteiger partial charge is 0.497 e. The van der Waals surface area contributed by atoms with Crippen molar-refractivity contribution in [2.24, 2.45) is 4.99 Å². The molecule has 38 heavy (non-hydrogen) atoms. The van der Waals surface area contributed by atoms with Crippen LogP contribution in [0.4, 0.5) is 5.69 Å². The van der Waals surface area contributed by atoms with Crippen LogP contribution in [0.1, 0.15) is 40.8 Å². The highest BCUT2D eigenvalue weighted by molar-refractivity contribution is 8.18. The van der Waals surface area contributed by atoms with Gasteiger partial charge in [0.15, 0.2) is 5.17 Å². The topological polar surface area (TPSA) is 60.0 Å². The molecule has 7 heteroatoms. The van der Waals surface area contributed by atoms with Crippen LogP contribution in [-0.4, -0.2) is 27.7 Å². The number of aromatic nitrogens is 1. The molecular formula is C31H31N3O3S. The number of amidine groups is 1. The average Bonchev–Trinajstić information content (AvgIpc) is 3.60. The van der Waals surface area contributed by atoms with E-state index >= 15 is 0 Å². The second-order valence-electron chi connectivity index (χ2n) is 9.27. The number of aliphatic imine (C=N–C) groups is 1. The smallest absolute Gasteiger partial charge is 0.267 e. The molecule has 1 amide bonds. The maximum Gasteiger partial charge on any atom is 0.267 e. The molecule has 2 aromatic carbocycles. The molecule has 1 aliphatic rings. The summed E-state index contributed by atoms with van der Waals surface area (Å²) in [5, 5.41) is 0.615. The lowest BCUT2D eigenvalue weighted by molar-refractivity contribution is -0.122. The zero-order valence-corrected chi connectivity index (χ0v) is 23.1. The number of benzene rings is 2. The third-order valence-corrected chi connectivity index (χ3v) is 7.77. The summed E-state index contributed by atoms with van der Waals surface area (Å²) >= 11 is 1.38. The number of hydrogen-bond donors (Lipinski definition) is 0. The number of nitrogens with zero attached hydrogens (tertiary/aromatic N) is 3. The van der Waals surface area contributed by atoms with Crippen molar-refractivity contribution in [1.29, 1.82) is 0 Å². The molecule has 1 saturated heterocycles. The minimum atomic E-state index is -0.0893. The lowest BCUT2D eigenvalue weighted by Gasteiger charge is -2.17. The summed E-state index contributed by atoms with van der Waals surface area (Å²) in [5.41, 5.74) is 7.76. The predicted octanol–water partition coefficient (Wildman–Crippen LogP) is 7.37. The summed E-state index contributed by atoms with van der Waals surface area (Å²) in [5.74, 6) is 1.37.